The fraction of sp³-hybridized carbons (Fsp3) is 0.0769. The summed E-state index contributed by atoms with van der Waals surface area (Å²) in [6, 6.07) is 7.98. The standard InChI is InChI=1S/C13H11N3OS/c14-7-9-8-16-11-4-2-1-3-10(11)12(9)18-13-15-5-6-17-13/h1-6,8H,7,14H2. The maximum Gasteiger partial charge on any atom is 0.260 e. The van der Waals surface area contributed by atoms with Crippen LogP contribution >= 0.6 is 11.8 Å². The van der Waals surface area contributed by atoms with Gasteiger partial charge in [-0.1, -0.05) is 18.2 Å². The van der Waals surface area contributed by atoms with Gasteiger partial charge >= 0.3 is 0 Å². The van der Waals surface area contributed by atoms with E-state index in [1.54, 1.807) is 12.5 Å². The molecule has 3 aromatic rings. The van der Waals surface area contributed by atoms with Crippen molar-refractivity contribution in [3.05, 3.63) is 48.5 Å². The number of nitrogens with zero attached hydrogens (tertiary/aromatic N) is 2. The monoisotopic (exact) mass is 257 g/mol. The van der Waals surface area contributed by atoms with E-state index < -0.39 is 0 Å². The Bertz CT molecular complexity index is 667. The van der Waals surface area contributed by atoms with Gasteiger partial charge in [0.25, 0.3) is 5.22 Å². The molecule has 0 fully saturated rings. The van der Waals surface area contributed by atoms with Crippen LogP contribution < -0.4 is 5.73 Å². The highest BCUT2D eigenvalue weighted by Gasteiger charge is 2.11. The molecule has 0 spiro atoms. The lowest BCUT2D eigenvalue weighted by molar-refractivity contribution is 0.454. The third-order valence-electron chi connectivity index (χ3n) is 2.62. The summed E-state index contributed by atoms with van der Waals surface area (Å²) in [6.07, 6.45) is 5.01. The number of benzene rings is 1. The molecule has 0 saturated carbocycles. The molecule has 4 nitrogen and oxygen atoms in total. The largest absolute Gasteiger partial charge is 0.440 e. The van der Waals surface area contributed by atoms with Crippen LogP contribution in [0.3, 0.4) is 0 Å². The van der Waals surface area contributed by atoms with Crippen molar-refractivity contribution in [1.82, 2.24) is 9.97 Å². The second-order valence-electron chi connectivity index (χ2n) is 3.73. The fourth-order valence-electron chi connectivity index (χ4n) is 1.77. The van der Waals surface area contributed by atoms with Crippen LogP contribution in [0.1, 0.15) is 5.56 Å². The molecule has 2 heterocycles. The van der Waals surface area contributed by atoms with E-state index in [1.165, 1.54) is 11.8 Å². The zero-order valence-electron chi connectivity index (χ0n) is 9.54. The van der Waals surface area contributed by atoms with Crippen LogP contribution in [0.15, 0.2) is 57.5 Å². The van der Waals surface area contributed by atoms with E-state index in [4.69, 9.17) is 10.2 Å². The molecule has 2 N–H and O–H groups in total. The van der Waals surface area contributed by atoms with Crippen LogP contribution in [-0.2, 0) is 6.54 Å². The summed E-state index contributed by atoms with van der Waals surface area (Å²) in [5.74, 6) is 0. The molecule has 0 bridgehead atoms. The summed E-state index contributed by atoms with van der Waals surface area (Å²) < 4.78 is 5.28. The van der Waals surface area contributed by atoms with Gasteiger partial charge in [0.2, 0.25) is 0 Å². The summed E-state index contributed by atoms with van der Waals surface area (Å²) in [5, 5.41) is 1.68. The van der Waals surface area contributed by atoms with Crippen molar-refractivity contribution in [2.24, 2.45) is 5.73 Å². The Balaban J connectivity index is 2.17. The fourth-order valence-corrected chi connectivity index (χ4v) is 2.71. The first-order valence-corrected chi connectivity index (χ1v) is 6.34. The minimum absolute atomic E-state index is 0.445. The van der Waals surface area contributed by atoms with Crippen molar-refractivity contribution in [3.8, 4) is 0 Å². The Labute approximate surface area is 108 Å². The van der Waals surface area contributed by atoms with Gasteiger partial charge < -0.3 is 10.2 Å². The average Bonchev–Trinajstić information content (AvgIpc) is 2.92. The van der Waals surface area contributed by atoms with Crippen LogP contribution in [0.5, 0.6) is 0 Å². The third-order valence-corrected chi connectivity index (χ3v) is 3.68. The van der Waals surface area contributed by atoms with E-state index in [0.717, 1.165) is 21.4 Å². The van der Waals surface area contributed by atoms with Crippen LogP contribution in [0, 0.1) is 0 Å². The molecule has 2 aromatic heterocycles. The number of fused-ring (bicyclic) bond motifs is 1. The smallest absolute Gasteiger partial charge is 0.260 e. The van der Waals surface area contributed by atoms with Crippen LogP contribution in [-0.4, -0.2) is 9.97 Å². The number of hydrogen-bond acceptors (Lipinski definition) is 5. The Kier molecular flexibility index (Phi) is 3.00. The first kappa shape index (κ1) is 11.3. The van der Waals surface area contributed by atoms with Gasteiger partial charge in [-0.15, -0.1) is 0 Å². The van der Waals surface area contributed by atoms with Crippen molar-refractivity contribution in [2.45, 2.75) is 16.7 Å². The van der Waals surface area contributed by atoms with Gasteiger partial charge in [0.1, 0.15) is 6.26 Å². The molecule has 0 radical (unpaired) electrons. The lowest BCUT2D eigenvalue weighted by Gasteiger charge is -2.08. The first-order valence-electron chi connectivity index (χ1n) is 5.52. The summed E-state index contributed by atoms with van der Waals surface area (Å²) in [5.41, 5.74) is 7.71. The Hall–Kier alpha value is -1.85. The number of aromatic nitrogens is 2. The number of pyridine rings is 1. The van der Waals surface area contributed by atoms with Gasteiger partial charge in [0.15, 0.2) is 0 Å². The number of rotatable bonds is 3. The molecule has 0 aliphatic carbocycles. The molecule has 3 rings (SSSR count). The normalized spacial score (nSPS) is 10.9. The highest BCUT2D eigenvalue weighted by atomic mass is 32.2. The van der Waals surface area contributed by atoms with Crippen molar-refractivity contribution in [3.63, 3.8) is 0 Å². The minimum atomic E-state index is 0.445. The van der Waals surface area contributed by atoms with Crippen LogP contribution in [0.2, 0.25) is 0 Å². The molecular formula is C13H11N3OS. The van der Waals surface area contributed by atoms with Crippen LogP contribution in [0.25, 0.3) is 10.9 Å². The second-order valence-corrected chi connectivity index (χ2v) is 4.70. The van der Waals surface area contributed by atoms with Crippen molar-refractivity contribution in [2.75, 3.05) is 0 Å². The molecule has 1 aromatic carbocycles. The van der Waals surface area contributed by atoms with Gasteiger partial charge in [0, 0.05) is 23.0 Å². The zero-order chi connectivity index (χ0) is 12.4. The second kappa shape index (κ2) is 4.80. The highest BCUT2D eigenvalue weighted by molar-refractivity contribution is 7.99. The maximum atomic E-state index is 5.77. The van der Waals surface area contributed by atoms with Gasteiger partial charge in [-0.2, -0.15) is 0 Å². The predicted octanol–water partition coefficient (Wildman–Crippen LogP) is 2.83. The number of para-hydroxylation sites is 1. The zero-order valence-corrected chi connectivity index (χ0v) is 10.4. The summed E-state index contributed by atoms with van der Waals surface area (Å²) in [4.78, 5) is 9.59. The van der Waals surface area contributed by atoms with E-state index in [1.807, 2.05) is 30.5 Å². The van der Waals surface area contributed by atoms with E-state index in [9.17, 15) is 0 Å². The molecule has 0 saturated heterocycles. The van der Waals surface area contributed by atoms with Gasteiger partial charge in [-0.05, 0) is 23.4 Å². The van der Waals surface area contributed by atoms with Crippen LogP contribution in [0.4, 0.5) is 0 Å². The molecule has 18 heavy (non-hydrogen) atoms. The van der Waals surface area contributed by atoms with E-state index in [-0.39, 0.29) is 0 Å². The molecule has 0 aliphatic heterocycles. The molecule has 0 aliphatic rings. The first-order chi connectivity index (χ1) is 8.88. The Morgan fingerprint density at radius 1 is 1.22 bits per heavy atom. The number of hydrogen-bond donors (Lipinski definition) is 1. The van der Waals surface area contributed by atoms with Crippen molar-refractivity contribution in [1.29, 1.82) is 0 Å². The topological polar surface area (TPSA) is 64.9 Å². The lowest BCUT2D eigenvalue weighted by Crippen LogP contribution is -2.00. The number of oxazole rings is 1. The summed E-state index contributed by atoms with van der Waals surface area (Å²) >= 11 is 1.48. The summed E-state index contributed by atoms with van der Waals surface area (Å²) in [6.45, 7) is 0.445. The third kappa shape index (κ3) is 1.98. The average molecular weight is 257 g/mol. The SMILES string of the molecule is NCc1cnc2ccccc2c1Sc1ncco1. The highest BCUT2D eigenvalue weighted by Crippen LogP contribution is 2.34. The van der Waals surface area contributed by atoms with Crippen molar-refractivity contribution < 1.29 is 4.42 Å². The van der Waals surface area contributed by atoms with E-state index in [2.05, 4.69) is 9.97 Å². The minimum Gasteiger partial charge on any atom is -0.440 e. The lowest BCUT2D eigenvalue weighted by atomic mass is 10.1. The predicted molar refractivity (Wildman–Crippen MR) is 70.3 cm³/mol. The quantitative estimate of drug-likeness (QED) is 0.781. The van der Waals surface area contributed by atoms with Gasteiger partial charge in [0.05, 0.1) is 11.7 Å². The molecule has 5 heteroatoms. The van der Waals surface area contributed by atoms with E-state index in [0.29, 0.717) is 11.8 Å². The Morgan fingerprint density at radius 3 is 2.89 bits per heavy atom. The molecule has 0 atom stereocenters. The van der Waals surface area contributed by atoms with E-state index >= 15 is 0 Å². The van der Waals surface area contributed by atoms with Gasteiger partial charge in [-0.25, -0.2) is 4.98 Å². The Morgan fingerprint density at radius 2 is 2.11 bits per heavy atom. The number of nitrogens with two attached hydrogens (primary N) is 1. The molecule has 0 unspecified atom stereocenters. The molecular weight excluding hydrogens is 246 g/mol. The molecule has 90 valence electrons. The molecule has 0 amide bonds. The summed E-state index contributed by atoms with van der Waals surface area (Å²) in [7, 11) is 0. The van der Waals surface area contributed by atoms with Crippen molar-refractivity contribution >= 4 is 22.7 Å². The maximum absolute atomic E-state index is 5.77. The van der Waals surface area contributed by atoms with Gasteiger partial charge in [-0.3, -0.25) is 4.98 Å².